The van der Waals surface area contributed by atoms with Crippen LogP contribution in [0, 0.1) is 0 Å². The Hall–Kier alpha value is -1.26. The number of nitrogens with one attached hydrogen (secondary N) is 2. The average Bonchev–Trinajstić information content (AvgIpc) is 3.21. The molecule has 1 aliphatic carbocycles. The second-order valence-corrected chi connectivity index (χ2v) is 9.03. The largest absolute Gasteiger partial charge is 0.296 e. The smallest absolute Gasteiger partial charge is 0.259 e. The van der Waals surface area contributed by atoms with Crippen LogP contribution in [-0.2, 0) is 16.4 Å². The minimum atomic E-state index is -3.82. The van der Waals surface area contributed by atoms with Crippen molar-refractivity contribution in [3.05, 3.63) is 32.7 Å². The number of rotatable bonds is 6. The van der Waals surface area contributed by atoms with E-state index in [1.807, 2.05) is 6.92 Å². The molecule has 0 aliphatic heterocycles. The van der Waals surface area contributed by atoms with Gasteiger partial charge in [0.2, 0.25) is 15.2 Å². The Morgan fingerprint density at radius 2 is 2.00 bits per heavy atom. The first-order valence-electron chi connectivity index (χ1n) is 7.45. The molecule has 0 bridgehead atoms. The first-order valence-corrected chi connectivity index (χ1v) is 10.5. The van der Waals surface area contributed by atoms with Crippen molar-refractivity contribution < 1.29 is 13.2 Å². The number of aromatic nitrogens is 2. The van der Waals surface area contributed by atoms with Crippen molar-refractivity contribution in [1.29, 1.82) is 0 Å². The van der Waals surface area contributed by atoms with Crippen LogP contribution in [0.2, 0.25) is 10.0 Å². The van der Waals surface area contributed by atoms with Crippen molar-refractivity contribution >= 4 is 55.6 Å². The fourth-order valence-corrected chi connectivity index (χ4v) is 4.84. The lowest BCUT2D eigenvalue weighted by Crippen LogP contribution is -2.26. The third kappa shape index (κ3) is 4.29. The fourth-order valence-electron chi connectivity index (χ4n) is 2.00. The molecule has 11 heteroatoms. The lowest BCUT2D eigenvalue weighted by molar-refractivity contribution is 0.102. The summed E-state index contributed by atoms with van der Waals surface area (Å²) >= 11 is 13.3. The molecule has 0 atom stereocenters. The Bertz CT molecular complexity index is 926. The number of nitrogens with zero attached hydrogens (tertiary/aromatic N) is 2. The van der Waals surface area contributed by atoms with E-state index in [2.05, 4.69) is 20.2 Å². The standard InChI is InChI=1S/C14H14Cl2N4O3S2/c1-2-12-18-19-14(24-12)17-13(21)8-5-11(10(16)6-9(8)15)25(22,23)20-7-3-4-7/h5-7,20H,2-4H2,1H3,(H,17,19,21). The monoisotopic (exact) mass is 420 g/mol. The van der Waals surface area contributed by atoms with E-state index in [0.717, 1.165) is 17.8 Å². The molecule has 0 unspecified atom stereocenters. The van der Waals surface area contributed by atoms with Crippen molar-refractivity contribution in [2.24, 2.45) is 0 Å². The molecule has 2 aromatic rings. The van der Waals surface area contributed by atoms with Gasteiger partial charge in [-0.05, 0) is 31.4 Å². The number of anilines is 1. The van der Waals surface area contributed by atoms with Gasteiger partial charge in [0, 0.05) is 6.04 Å². The van der Waals surface area contributed by atoms with Crippen molar-refractivity contribution in [3.63, 3.8) is 0 Å². The van der Waals surface area contributed by atoms with E-state index in [-0.39, 0.29) is 26.5 Å². The summed E-state index contributed by atoms with van der Waals surface area (Å²) in [6.45, 7) is 1.92. The molecular formula is C14H14Cl2N4O3S2. The maximum absolute atomic E-state index is 12.4. The van der Waals surface area contributed by atoms with Gasteiger partial charge in [-0.2, -0.15) is 0 Å². The van der Waals surface area contributed by atoms with Crippen LogP contribution in [0.4, 0.5) is 5.13 Å². The van der Waals surface area contributed by atoms with Crippen molar-refractivity contribution in [1.82, 2.24) is 14.9 Å². The maximum atomic E-state index is 12.4. The van der Waals surface area contributed by atoms with Gasteiger partial charge >= 0.3 is 0 Å². The number of sulfonamides is 1. The highest BCUT2D eigenvalue weighted by atomic mass is 35.5. The number of aryl methyl sites for hydroxylation is 1. The first kappa shape index (κ1) is 18.5. The Balaban J connectivity index is 1.89. The molecule has 1 aromatic heterocycles. The zero-order valence-corrected chi connectivity index (χ0v) is 16.2. The number of carbonyl (C=O) groups is 1. The molecule has 0 spiro atoms. The quantitative estimate of drug-likeness (QED) is 0.747. The second-order valence-electron chi connectivity index (χ2n) is 5.47. The van der Waals surface area contributed by atoms with Crippen LogP contribution in [0.15, 0.2) is 17.0 Å². The molecule has 134 valence electrons. The number of benzene rings is 1. The van der Waals surface area contributed by atoms with Gasteiger partial charge < -0.3 is 0 Å². The van der Waals surface area contributed by atoms with Crippen LogP contribution in [0.25, 0.3) is 0 Å². The number of amides is 1. The minimum Gasteiger partial charge on any atom is -0.296 e. The zero-order valence-electron chi connectivity index (χ0n) is 13.0. The van der Waals surface area contributed by atoms with Gasteiger partial charge in [0.1, 0.15) is 9.90 Å². The molecular weight excluding hydrogens is 407 g/mol. The van der Waals surface area contributed by atoms with Crippen molar-refractivity contribution in [2.75, 3.05) is 5.32 Å². The summed E-state index contributed by atoms with van der Waals surface area (Å²) in [4.78, 5) is 12.3. The van der Waals surface area contributed by atoms with Crippen LogP contribution in [0.5, 0.6) is 0 Å². The molecule has 7 nitrogen and oxygen atoms in total. The third-order valence-corrected chi connectivity index (χ3v) is 6.73. The van der Waals surface area contributed by atoms with E-state index in [9.17, 15) is 13.2 Å². The topological polar surface area (TPSA) is 101 Å². The lowest BCUT2D eigenvalue weighted by atomic mass is 10.2. The van der Waals surface area contributed by atoms with Gasteiger partial charge in [-0.1, -0.05) is 41.5 Å². The van der Waals surface area contributed by atoms with E-state index in [1.165, 1.54) is 23.5 Å². The van der Waals surface area contributed by atoms with E-state index in [1.54, 1.807) is 0 Å². The van der Waals surface area contributed by atoms with Crippen LogP contribution >= 0.6 is 34.5 Å². The van der Waals surface area contributed by atoms with Crippen LogP contribution in [0.3, 0.4) is 0 Å². The van der Waals surface area contributed by atoms with E-state index >= 15 is 0 Å². The molecule has 2 N–H and O–H groups in total. The van der Waals surface area contributed by atoms with Gasteiger partial charge in [-0.15, -0.1) is 10.2 Å². The summed E-state index contributed by atoms with van der Waals surface area (Å²) in [5, 5.41) is 11.4. The highest BCUT2D eigenvalue weighted by Gasteiger charge is 2.30. The molecule has 1 aromatic carbocycles. The molecule has 1 fully saturated rings. The van der Waals surface area contributed by atoms with Gasteiger partial charge in [-0.25, -0.2) is 13.1 Å². The van der Waals surface area contributed by atoms with Crippen LogP contribution in [0.1, 0.15) is 35.1 Å². The second kappa shape index (κ2) is 7.16. The number of hydrogen-bond donors (Lipinski definition) is 2. The summed E-state index contributed by atoms with van der Waals surface area (Å²) in [5.74, 6) is -0.580. The predicted octanol–water partition coefficient (Wildman–Crippen LogP) is 3.10. The average molecular weight is 421 g/mol. The summed E-state index contributed by atoms with van der Waals surface area (Å²) in [6.07, 6.45) is 2.27. The molecule has 1 heterocycles. The molecule has 3 rings (SSSR count). The van der Waals surface area contributed by atoms with Gasteiger partial charge in [0.05, 0.1) is 15.6 Å². The molecule has 0 radical (unpaired) electrons. The minimum absolute atomic E-state index is 0.00418. The van der Waals surface area contributed by atoms with Gasteiger partial charge in [0.15, 0.2) is 0 Å². The normalized spacial score (nSPS) is 14.5. The first-order chi connectivity index (χ1) is 11.8. The predicted molar refractivity (Wildman–Crippen MR) is 97.0 cm³/mol. The highest BCUT2D eigenvalue weighted by molar-refractivity contribution is 7.89. The molecule has 1 saturated carbocycles. The number of carbonyl (C=O) groups excluding carboxylic acids is 1. The van der Waals surface area contributed by atoms with Gasteiger partial charge in [0.25, 0.3) is 5.91 Å². The number of hydrogen-bond acceptors (Lipinski definition) is 6. The Morgan fingerprint density at radius 3 is 2.60 bits per heavy atom. The summed E-state index contributed by atoms with van der Waals surface area (Å²) in [6, 6.07) is 2.34. The van der Waals surface area contributed by atoms with Crippen LogP contribution < -0.4 is 10.0 Å². The summed E-state index contributed by atoms with van der Waals surface area (Å²) < 4.78 is 27.3. The Labute approximate surface area is 158 Å². The number of halogens is 2. The third-order valence-electron chi connectivity index (χ3n) is 3.44. The summed E-state index contributed by atoms with van der Waals surface area (Å²) in [5.41, 5.74) is -0.00418. The lowest BCUT2D eigenvalue weighted by Gasteiger charge is -2.11. The van der Waals surface area contributed by atoms with Crippen molar-refractivity contribution in [2.45, 2.75) is 37.1 Å². The summed E-state index contributed by atoms with van der Waals surface area (Å²) in [7, 11) is -3.82. The van der Waals surface area contributed by atoms with E-state index < -0.39 is 15.9 Å². The van der Waals surface area contributed by atoms with E-state index in [0.29, 0.717) is 11.6 Å². The van der Waals surface area contributed by atoms with Gasteiger partial charge in [-0.3, -0.25) is 10.1 Å². The van der Waals surface area contributed by atoms with E-state index in [4.69, 9.17) is 23.2 Å². The SMILES string of the molecule is CCc1nnc(NC(=O)c2cc(S(=O)(=O)NC3CC3)c(Cl)cc2Cl)s1. The zero-order chi connectivity index (χ0) is 18.2. The maximum Gasteiger partial charge on any atom is 0.259 e. The fraction of sp³-hybridized carbons (Fsp3) is 0.357. The molecule has 0 saturated heterocycles. The highest BCUT2D eigenvalue weighted by Crippen LogP contribution is 2.31. The molecule has 25 heavy (non-hydrogen) atoms. The van der Waals surface area contributed by atoms with Crippen molar-refractivity contribution in [3.8, 4) is 0 Å². The Morgan fingerprint density at radius 1 is 1.28 bits per heavy atom. The van der Waals surface area contributed by atoms with Crippen LogP contribution in [-0.4, -0.2) is 30.6 Å². The molecule has 1 amide bonds. The molecule has 1 aliphatic rings. The Kier molecular flexibility index (Phi) is 5.31.